The van der Waals surface area contributed by atoms with Crippen LogP contribution in [0, 0.1) is 5.92 Å². The molecule has 1 N–H and O–H groups in total. The third kappa shape index (κ3) is 2.82. The Morgan fingerprint density at radius 1 is 1.16 bits per heavy atom. The van der Waals surface area contributed by atoms with E-state index in [1.807, 2.05) is 35.4 Å². The summed E-state index contributed by atoms with van der Waals surface area (Å²) < 4.78 is 5.41. The number of benzene rings is 1. The molecule has 4 saturated heterocycles. The minimum absolute atomic E-state index is 0.0305. The van der Waals surface area contributed by atoms with Crippen LogP contribution in [0.5, 0.6) is 0 Å². The van der Waals surface area contributed by atoms with E-state index >= 15 is 0 Å². The fourth-order valence-corrected chi connectivity index (χ4v) is 5.89. The molecule has 4 fully saturated rings. The van der Waals surface area contributed by atoms with Gasteiger partial charge in [-0.2, -0.15) is 0 Å². The van der Waals surface area contributed by atoms with Crippen molar-refractivity contribution in [1.82, 2.24) is 25.0 Å². The molecule has 0 saturated carbocycles. The van der Waals surface area contributed by atoms with Crippen molar-refractivity contribution in [3.05, 3.63) is 42.1 Å². The molecule has 4 aliphatic rings. The van der Waals surface area contributed by atoms with E-state index in [4.69, 9.17) is 4.74 Å². The average Bonchev–Trinajstić information content (AvgIpc) is 3.42. The van der Waals surface area contributed by atoms with E-state index in [1.165, 1.54) is 4.90 Å². The van der Waals surface area contributed by atoms with E-state index in [0.29, 0.717) is 32.8 Å². The zero-order chi connectivity index (χ0) is 21.0. The van der Waals surface area contributed by atoms with Crippen LogP contribution in [0.1, 0.15) is 18.0 Å². The first-order valence-electron chi connectivity index (χ1n) is 11.2. The van der Waals surface area contributed by atoms with Crippen LogP contribution in [-0.4, -0.2) is 89.6 Å². The lowest BCUT2D eigenvalue weighted by atomic mass is 9.87. The summed E-state index contributed by atoms with van der Waals surface area (Å²) in [6.45, 7) is 5.55. The lowest BCUT2D eigenvalue weighted by molar-refractivity contribution is -0.133. The molecule has 0 aliphatic carbocycles. The number of hydrogen-bond donors (Lipinski definition) is 1. The first kappa shape index (κ1) is 19.2. The molecule has 8 nitrogen and oxygen atoms in total. The maximum Gasteiger partial charge on any atom is 0.328 e. The highest BCUT2D eigenvalue weighted by atomic mass is 16.5. The van der Waals surface area contributed by atoms with Crippen molar-refractivity contribution >= 4 is 22.8 Å². The Bertz CT molecular complexity index is 1040. The van der Waals surface area contributed by atoms with Gasteiger partial charge in [0.1, 0.15) is 5.54 Å². The summed E-state index contributed by atoms with van der Waals surface area (Å²) >= 11 is 0. The average molecular weight is 422 g/mol. The molecule has 3 atom stereocenters. The maximum atomic E-state index is 13.6. The van der Waals surface area contributed by atoms with E-state index in [2.05, 4.69) is 21.3 Å². The summed E-state index contributed by atoms with van der Waals surface area (Å²) in [6.07, 6.45) is 2.67. The number of imide groups is 1. The molecular weight excluding hydrogens is 394 g/mol. The number of carbonyl (C=O) groups is 2. The van der Waals surface area contributed by atoms with Gasteiger partial charge in [-0.25, -0.2) is 4.79 Å². The summed E-state index contributed by atoms with van der Waals surface area (Å²) in [5, 5.41) is 4.44. The number of nitrogens with one attached hydrogen (secondary N) is 1. The number of aromatic nitrogens is 1. The third-order valence-corrected chi connectivity index (χ3v) is 7.50. The molecule has 1 aromatic carbocycles. The number of hydrogen-bond acceptors (Lipinski definition) is 6. The van der Waals surface area contributed by atoms with Crippen molar-refractivity contribution in [1.29, 1.82) is 0 Å². The van der Waals surface area contributed by atoms with Gasteiger partial charge in [-0.15, -0.1) is 0 Å². The minimum Gasteiger partial charge on any atom is -0.379 e. The smallest absolute Gasteiger partial charge is 0.328 e. The van der Waals surface area contributed by atoms with Crippen molar-refractivity contribution in [3.63, 3.8) is 0 Å². The standard InChI is InChI=1S/C23H27N5O3/c29-21-23-15-24-14-18(23)12-20(17-11-16-3-1-2-4-19(16)25-13-17)28(23)22(30)27(21)6-5-26-7-9-31-10-8-26/h1-4,11,13,18,20,24H,5-10,12,14-15H2/t18-,20?,23-/m1/s1. The highest BCUT2D eigenvalue weighted by Gasteiger charge is 2.68. The number of para-hydroxylation sites is 1. The lowest BCUT2D eigenvalue weighted by Crippen LogP contribution is -2.51. The van der Waals surface area contributed by atoms with E-state index in [0.717, 1.165) is 42.5 Å². The molecule has 8 heteroatoms. The van der Waals surface area contributed by atoms with Gasteiger partial charge in [0, 0.05) is 56.8 Å². The van der Waals surface area contributed by atoms with Gasteiger partial charge in [-0.1, -0.05) is 18.2 Å². The van der Waals surface area contributed by atoms with Gasteiger partial charge in [-0.3, -0.25) is 19.6 Å². The number of fused-ring (bicyclic) bond motifs is 1. The Labute approximate surface area is 181 Å². The second kappa shape index (κ2) is 7.25. The number of morpholine rings is 1. The normalized spacial score (nSPS) is 31.0. The first-order valence-corrected chi connectivity index (χ1v) is 11.2. The van der Waals surface area contributed by atoms with E-state index in [-0.39, 0.29) is 23.9 Å². The molecule has 162 valence electrons. The maximum absolute atomic E-state index is 13.6. The molecule has 6 rings (SSSR count). The van der Waals surface area contributed by atoms with Crippen molar-refractivity contribution < 1.29 is 14.3 Å². The van der Waals surface area contributed by atoms with Crippen LogP contribution in [0.2, 0.25) is 0 Å². The summed E-state index contributed by atoms with van der Waals surface area (Å²) in [5.41, 5.74) is 1.21. The molecule has 4 aliphatic heterocycles. The van der Waals surface area contributed by atoms with E-state index < -0.39 is 5.54 Å². The third-order valence-electron chi connectivity index (χ3n) is 7.50. The molecule has 2 aromatic rings. The summed E-state index contributed by atoms with van der Waals surface area (Å²) in [6, 6.07) is 9.88. The second-order valence-electron chi connectivity index (χ2n) is 9.03. The predicted octanol–water partition coefficient (Wildman–Crippen LogP) is 1.23. The molecule has 1 aromatic heterocycles. The van der Waals surface area contributed by atoms with E-state index in [9.17, 15) is 9.59 Å². The van der Waals surface area contributed by atoms with Gasteiger partial charge >= 0.3 is 6.03 Å². The second-order valence-corrected chi connectivity index (χ2v) is 9.03. The van der Waals surface area contributed by atoms with E-state index in [1.54, 1.807) is 0 Å². The van der Waals surface area contributed by atoms with Gasteiger partial charge in [0.05, 0.1) is 24.8 Å². The number of amides is 3. The van der Waals surface area contributed by atoms with Gasteiger partial charge in [0.15, 0.2) is 0 Å². The predicted molar refractivity (Wildman–Crippen MR) is 114 cm³/mol. The molecule has 0 radical (unpaired) electrons. The van der Waals surface area contributed by atoms with Crippen LogP contribution in [0.4, 0.5) is 4.79 Å². The molecule has 5 heterocycles. The summed E-state index contributed by atoms with van der Waals surface area (Å²) in [5.74, 6) is 0.103. The fraction of sp³-hybridized carbons (Fsp3) is 0.522. The minimum atomic E-state index is -0.752. The van der Waals surface area contributed by atoms with Crippen LogP contribution in [0.15, 0.2) is 36.5 Å². The van der Waals surface area contributed by atoms with Gasteiger partial charge in [0.2, 0.25) is 0 Å². The van der Waals surface area contributed by atoms with Gasteiger partial charge in [-0.05, 0) is 24.1 Å². The van der Waals surface area contributed by atoms with Crippen molar-refractivity contribution in [2.45, 2.75) is 18.0 Å². The molecule has 1 spiro atoms. The van der Waals surface area contributed by atoms with Crippen LogP contribution >= 0.6 is 0 Å². The van der Waals surface area contributed by atoms with Gasteiger partial charge < -0.3 is 15.0 Å². The largest absolute Gasteiger partial charge is 0.379 e. The zero-order valence-electron chi connectivity index (χ0n) is 17.5. The highest BCUT2D eigenvalue weighted by Crippen LogP contribution is 2.52. The van der Waals surface area contributed by atoms with Crippen molar-refractivity contribution in [2.24, 2.45) is 5.92 Å². The van der Waals surface area contributed by atoms with Gasteiger partial charge in [0.25, 0.3) is 5.91 Å². The van der Waals surface area contributed by atoms with Crippen LogP contribution < -0.4 is 5.32 Å². The van der Waals surface area contributed by atoms with Crippen LogP contribution in [-0.2, 0) is 9.53 Å². The zero-order valence-corrected chi connectivity index (χ0v) is 17.5. The molecule has 0 bridgehead atoms. The molecule has 1 unspecified atom stereocenters. The quantitative estimate of drug-likeness (QED) is 0.749. The number of rotatable bonds is 4. The monoisotopic (exact) mass is 421 g/mol. The number of ether oxygens (including phenoxy) is 1. The summed E-state index contributed by atoms with van der Waals surface area (Å²) in [7, 11) is 0. The first-order chi connectivity index (χ1) is 15.2. The molecule has 31 heavy (non-hydrogen) atoms. The molecule has 3 amide bonds. The van der Waals surface area contributed by atoms with Crippen LogP contribution in [0.3, 0.4) is 0 Å². The Morgan fingerprint density at radius 3 is 2.87 bits per heavy atom. The molecular formula is C23H27N5O3. The van der Waals surface area contributed by atoms with Crippen molar-refractivity contribution in [2.75, 3.05) is 52.5 Å². The number of carbonyl (C=O) groups excluding carboxylic acids is 2. The van der Waals surface area contributed by atoms with Crippen LogP contribution in [0.25, 0.3) is 10.9 Å². The SMILES string of the molecule is O=C1N(CCN2CCOCC2)C(=O)[C@@]23CNC[C@H]2CC(c2cnc4ccccc4c2)N13. The Hall–Kier alpha value is -2.55. The lowest BCUT2D eigenvalue weighted by Gasteiger charge is -2.30. The number of nitrogens with zero attached hydrogens (tertiary/aromatic N) is 4. The fourth-order valence-electron chi connectivity index (χ4n) is 5.89. The number of urea groups is 1. The Morgan fingerprint density at radius 2 is 2.00 bits per heavy atom. The Balaban J connectivity index is 1.31. The topological polar surface area (TPSA) is 78.0 Å². The Kier molecular flexibility index (Phi) is 4.48. The van der Waals surface area contributed by atoms with Crippen molar-refractivity contribution in [3.8, 4) is 0 Å². The summed E-state index contributed by atoms with van der Waals surface area (Å²) in [4.78, 5) is 37.5. The number of pyridine rings is 1. The highest BCUT2D eigenvalue weighted by molar-refractivity contribution is 6.08.